The molecule has 0 spiro atoms. The lowest BCUT2D eigenvalue weighted by molar-refractivity contribution is -0.0494. The van der Waals surface area contributed by atoms with E-state index in [1.807, 2.05) is 6.26 Å². The summed E-state index contributed by atoms with van der Waals surface area (Å²) in [5.41, 5.74) is 2.49. The largest absolute Gasteiger partial charge is 0.465 e. The molecule has 4 aromatic rings. The van der Waals surface area contributed by atoms with Gasteiger partial charge in [0, 0.05) is 42.1 Å². The maximum Gasteiger partial charge on any atom is 0.407 e. The Morgan fingerprint density at radius 1 is 1.33 bits per heavy atom. The lowest BCUT2D eigenvalue weighted by atomic mass is 10.1. The van der Waals surface area contributed by atoms with Crippen LogP contribution >= 0.6 is 11.8 Å². The van der Waals surface area contributed by atoms with Crippen molar-refractivity contribution in [3.05, 3.63) is 49.1 Å². The van der Waals surface area contributed by atoms with Crippen LogP contribution in [0.15, 0.2) is 53.9 Å². The van der Waals surface area contributed by atoms with Crippen LogP contribution in [-0.4, -0.2) is 66.4 Å². The highest BCUT2D eigenvalue weighted by atomic mass is 32.2. The van der Waals surface area contributed by atoms with E-state index < -0.39 is 12.7 Å². The number of thioether (sulfide) groups is 1. The number of hydrogen-bond acceptors (Lipinski definition) is 7. The maximum absolute atomic E-state index is 13.2. The molecule has 13 heteroatoms. The quantitative estimate of drug-likeness (QED) is 0.332. The molecule has 3 aromatic heterocycles. The molecule has 0 aliphatic carbocycles. The Morgan fingerprint density at radius 2 is 2.19 bits per heavy atom. The molecule has 2 N–H and O–H groups in total. The number of anilines is 2. The van der Waals surface area contributed by atoms with Crippen LogP contribution < -0.4 is 10.1 Å². The molecular weight excluding hydrogens is 492 g/mol. The van der Waals surface area contributed by atoms with Gasteiger partial charge in [-0.15, -0.1) is 11.8 Å². The Hall–Kier alpha value is -3.87. The summed E-state index contributed by atoms with van der Waals surface area (Å²) < 4.78 is 34.6. The summed E-state index contributed by atoms with van der Waals surface area (Å²) >= 11 is 1.46. The van der Waals surface area contributed by atoms with Crippen molar-refractivity contribution in [2.45, 2.75) is 30.4 Å². The summed E-state index contributed by atoms with van der Waals surface area (Å²) in [4.78, 5) is 18.1. The molecule has 1 aliphatic heterocycles. The molecule has 0 saturated carbocycles. The summed E-state index contributed by atoms with van der Waals surface area (Å²) in [6, 6.07) is 6.50. The van der Waals surface area contributed by atoms with Gasteiger partial charge in [-0.3, -0.25) is 4.68 Å². The number of aromatic nitrogens is 5. The summed E-state index contributed by atoms with van der Waals surface area (Å²) in [6.45, 7) is -2.27. The van der Waals surface area contributed by atoms with Crippen LogP contribution in [0.25, 0.3) is 16.9 Å². The van der Waals surface area contributed by atoms with Crippen LogP contribution in [0.5, 0.6) is 5.75 Å². The normalized spacial score (nSPS) is 16.0. The number of rotatable bonds is 7. The first-order valence-electron chi connectivity index (χ1n) is 11.2. The number of nitrogens with zero attached hydrogens (tertiary/aromatic N) is 6. The molecule has 5 rings (SSSR count). The number of alkyl halides is 2. The van der Waals surface area contributed by atoms with E-state index in [0.29, 0.717) is 41.2 Å². The van der Waals surface area contributed by atoms with Crippen LogP contribution in [0, 0.1) is 0 Å². The number of carbonyl (C=O) groups is 1. The van der Waals surface area contributed by atoms with Gasteiger partial charge < -0.3 is 20.1 Å². The highest BCUT2D eigenvalue weighted by Gasteiger charge is 2.27. The second kappa shape index (κ2) is 10.0. The molecule has 1 saturated heterocycles. The molecule has 1 atom stereocenters. The second-order valence-electron chi connectivity index (χ2n) is 8.21. The van der Waals surface area contributed by atoms with Crippen molar-refractivity contribution >= 4 is 34.9 Å². The van der Waals surface area contributed by atoms with Gasteiger partial charge in [-0.1, -0.05) is 0 Å². The Morgan fingerprint density at radius 3 is 2.97 bits per heavy atom. The van der Waals surface area contributed by atoms with Crippen molar-refractivity contribution in [1.82, 2.24) is 29.3 Å². The van der Waals surface area contributed by atoms with Gasteiger partial charge in [0.2, 0.25) is 0 Å². The zero-order valence-electron chi connectivity index (χ0n) is 19.2. The number of likely N-dealkylation sites (tertiary alicyclic amines) is 1. The van der Waals surface area contributed by atoms with Crippen LogP contribution in [0.2, 0.25) is 0 Å². The zero-order valence-corrected chi connectivity index (χ0v) is 20.0. The third-order valence-electron chi connectivity index (χ3n) is 5.98. The number of piperidine rings is 1. The first-order valence-corrected chi connectivity index (χ1v) is 12.4. The number of ether oxygens (including phenoxy) is 1. The Balaban J connectivity index is 1.61. The average Bonchev–Trinajstić information content (AvgIpc) is 3.49. The number of halogens is 2. The summed E-state index contributed by atoms with van der Waals surface area (Å²) in [6.07, 6.45) is 9.10. The molecule has 188 valence electrons. The standard InChI is InChI=1S/C23H23F2N7O3S/c1-36-15-5-6-19(35-22(24)25)16(10-15)20-18(28-17-11-27-31-9-3-7-26-21(17)31)13-32(29-20)14-4-2-8-30(12-14)23(33)34/h3,5-7,9-11,13-14,22,28H,2,4,8,12H2,1H3,(H,33,34). The van der Waals surface area contributed by atoms with Crippen molar-refractivity contribution in [3.63, 3.8) is 0 Å². The lowest BCUT2D eigenvalue weighted by Crippen LogP contribution is -2.40. The summed E-state index contributed by atoms with van der Waals surface area (Å²) in [5, 5.41) is 21.8. The minimum atomic E-state index is -3.01. The van der Waals surface area contributed by atoms with Gasteiger partial charge in [0.25, 0.3) is 0 Å². The van der Waals surface area contributed by atoms with Crippen LogP contribution in [-0.2, 0) is 0 Å². The number of fused-ring (bicyclic) bond motifs is 1. The predicted octanol–water partition coefficient (Wildman–Crippen LogP) is 4.97. The topological polar surface area (TPSA) is 110 Å². The van der Waals surface area contributed by atoms with Crippen LogP contribution in [0.1, 0.15) is 18.9 Å². The van der Waals surface area contributed by atoms with Gasteiger partial charge in [-0.25, -0.2) is 14.3 Å². The van der Waals surface area contributed by atoms with Gasteiger partial charge in [-0.05, 0) is 43.4 Å². The van der Waals surface area contributed by atoms with E-state index in [1.165, 1.54) is 22.7 Å². The van der Waals surface area contributed by atoms with Crippen molar-refractivity contribution in [2.75, 3.05) is 24.7 Å². The van der Waals surface area contributed by atoms with Gasteiger partial charge in [-0.2, -0.15) is 19.0 Å². The average molecular weight is 516 g/mol. The molecule has 4 heterocycles. The Labute approximate surface area is 208 Å². The van der Waals surface area contributed by atoms with E-state index in [0.717, 1.165) is 11.3 Å². The molecule has 36 heavy (non-hydrogen) atoms. The van der Waals surface area contributed by atoms with E-state index in [4.69, 9.17) is 9.84 Å². The smallest absolute Gasteiger partial charge is 0.407 e. The van der Waals surface area contributed by atoms with E-state index >= 15 is 0 Å². The Bertz CT molecular complexity index is 1390. The lowest BCUT2D eigenvalue weighted by Gasteiger charge is -2.30. The SMILES string of the molecule is CSc1ccc(OC(F)F)c(-c2nn(C3CCCN(C(=O)O)C3)cc2Nc2cnn3cccnc23)c1. The van der Waals surface area contributed by atoms with E-state index in [-0.39, 0.29) is 18.3 Å². The fraction of sp³-hybridized carbons (Fsp3) is 0.304. The monoisotopic (exact) mass is 515 g/mol. The first kappa shape index (κ1) is 23.9. The fourth-order valence-corrected chi connectivity index (χ4v) is 4.73. The molecule has 1 aromatic carbocycles. The van der Waals surface area contributed by atoms with Gasteiger partial charge in [0.05, 0.1) is 17.9 Å². The summed E-state index contributed by atoms with van der Waals surface area (Å²) in [7, 11) is 0. The number of amides is 1. The third-order valence-corrected chi connectivity index (χ3v) is 6.70. The van der Waals surface area contributed by atoms with Gasteiger partial charge in [0.15, 0.2) is 5.65 Å². The molecule has 1 amide bonds. The van der Waals surface area contributed by atoms with Crippen molar-refractivity contribution < 1.29 is 23.4 Å². The number of carboxylic acid groups (broad SMARTS) is 1. The van der Waals surface area contributed by atoms with E-state index in [2.05, 4.69) is 15.4 Å². The van der Waals surface area contributed by atoms with Gasteiger partial charge >= 0.3 is 12.7 Å². The van der Waals surface area contributed by atoms with E-state index in [9.17, 15) is 18.7 Å². The molecule has 1 fully saturated rings. The fourth-order valence-electron chi connectivity index (χ4n) is 4.29. The van der Waals surface area contributed by atoms with Crippen LogP contribution in [0.3, 0.4) is 0 Å². The first-order chi connectivity index (χ1) is 17.4. The molecule has 1 unspecified atom stereocenters. The molecular formula is C23H23F2N7O3S. The minimum absolute atomic E-state index is 0.00936. The molecule has 1 aliphatic rings. The Kier molecular flexibility index (Phi) is 6.63. The van der Waals surface area contributed by atoms with Crippen LogP contribution in [0.4, 0.5) is 25.0 Å². The molecule has 0 radical (unpaired) electrons. The second-order valence-corrected chi connectivity index (χ2v) is 9.09. The summed E-state index contributed by atoms with van der Waals surface area (Å²) in [5.74, 6) is -0.00936. The number of benzene rings is 1. The van der Waals surface area contributed by atoms with Gasteiger partial charge in [0.1, 0.15) is 17.1 Å². The van der Waals surface area contributed by atoms with Crippen molar-refractivity contribution in [2.24, 2.45) is 0 Å². The van der Waals surface area contributed by atoms with E-state index in [1.54, 1.807) is 52.2 Å². The third kappa shape index (κ3) is 4.78. The highest BCUT2D eigenvalue weighted by molar-refractivity contribution is 7.98. The molecule has 0 bridgehead atoms. The molecule has 10 nitrogen and oxygen atoms in total. The highest BCUT2D eigenvalue weighted by Crippen LogP contribution is 2.39. The minimum Gasteiger partial charge on any atom is -0.465 e. The number of nitrogens with one attached hydrogen (secondary N) is 1. The number of hydrogen-bond donors (Lipinski definition) is 2. The zero-order chi connectivity index (χ0) is 25.2. The maximum atomic E-state index is 13.2. The predicted molar refractivity (Wildman–Crippen MR) is 130 cm³/mol. The van der Waals surface area contributed by atoms with Crippen molar-refractivity contribution in [1.29, 1.82) is 0 Å². The van der Waals surface area contributed by atoms with Crippen molar-refractivity contribution in [3.8, 4) is 17.0 Å².